The number of hydrogen-bond acceptors (Lipinski definition) is 5. The van der Waals surface area contributed by atoms with Gasteiger partial charge in [0.15, 0.2) is 0 Å². The van der Waals surface area contributed by atoms with Gasteiger partial charge in [-0.3, -0.25) is 4.90 Å². The Labute approximate surface area is 134 Å². The van der Waals surface area contributed by atoms with E-state index in [-0.39, 0.29) is 5.75 Å². The predicted octanol–water partition coefficient (Wildman–Crippen LogP) is 1.84. The number of benzene rings is 1. The second-order valence-corrected chi connectivity index (χ2v) is 5.90. The third kappa shape index (κ3) is 3.40. The van der Waals surface area contributed by atoms with E-state index in [0.717, 1.165) is 30.2 Å². The fourth-order valence-corrected chi connectivity index (χ4v) is 2.80. The minimum absolute atomic E-state index is 0.223. The molecule has 1 aliphatic heterocycles. The summed E-state index contributed by atoms with van der Waals surface area (Å²) in [7, 11) is 2.00. The third-order valence-electron chi connectivity index (χ3n) is 3.71. The Kier molecular flexibility index (Phi) is 4.61. The van der Waals surface area contributed by atoms with Crippen molar-refractivity contribution in [3.63, 3.8) is 0 Å². The molecule has 0 aliphatic carbocycles. The normalized spacial score (nSPS) is 14.9. The fourth-order valence-electron chi connectivity index (χ4n) is 2.62. The zero-order chi connectivity index (χ0) is 15.5. The number of aromatic hydroxyl groups is 1. The maximum atomic E-state index is 9.58. The summed E-state index contributed by atoms with van der Waals surface area (Å²) in [4.78, 5) is 2.10. The average Bonchev–Trinajstić information content (AvgIpc) is 2.71. The molecule has 1 N–H and O–H groups in total. The van der Waals surface area contributed by atoms with Crippen molar-refractivity contribution < 1.29 is 9.84 Å². The first kappa shape index (κ1) is 15.3. The first-order valence-electron chi connectivity index (χ1n) is 7.28. The van der Waals surface area contributed by atoms with Gasteiger partial charge >= 0.3 is 0 Å². The van der Waals surface area contributed by atoms with Gasteiger partial charge in [-0.2, -0.15) is 0 Å². The molecule has 22 heavy (non-hydrogen) atoms. The van der Waals surface area contributed by atoms with Crippen molar-refractivity contribution in [2.24, 2.45) is 0 Å². The van der Waals surface area contributed by atoms with Crippen LogP contribution in [0.4, 0.5) is 0 Å². The molecule has 2 heterocycles. The second-order valence-electron chi connectivity index (χ2n) is 5.49. The van der Waals surface area contributed by atoms with E-state index in [9.17, 15) is 5.11 Å². The molecule has 0 saturated carbocycles. The molecule has 1 aliphatic rings. The lowest BCUT2D eigenvalue weighted by atomic mass is 10.2. The number of phenols is 1. The van der Waals surface area contributed by atoms with Crippen LogP contribution in [-0.4, -0.2) is 45.0 Å². The highest BCUT2D eigenvalue weighted by Gasteiger charge is 2.16. The molecule has 0 radical (unpaired) electrons. The standard InChI is InChI=1S/C15H19ClN4O2/c1-19(9-11-8-12(21)2-3-13(11)16)10-15-18-17-14-4-6-22-7-5-20(14)15/h2-3,8,21H,4-7,9-10H2,1H3. The van der Waals surface area contributed by atoms with Gasteiger partial charge in [0.1, 0.15) is 17.4 Å². The first-order chi connectivity index (χ1) is 10.6. The zero-order valence-electron chi connectivity index (χ0n) is 12.5. The molecule has 0 unspecified atom stereocenters. The number of fused-ring (bicyclic) bond motifs is 1. The Balaban J connectivity index is 1.71. The van der Waals surface area contributed by atoms with E-state index < -0.39 is 0 Å². The van der Waals surface area contributed by atoms with Crippen LogP contribution in [0.25, 0.3) is 0 Å². The Bertz CT molecular complexity index is 659. The minimum atomic E-state index is 0.223. The monoisotopic (exact) mass is 322 g/mol. The van der Waals surface area contributed by atoms with Crippen LogP contribution in [0.3, 0.4) is 0 Å². The van der Waals surface area contributed by atoms with Gasteiger partial charge in [-0.15, -0.1) is 10.2 Å². The summed E-state index contributed by atoms with van der Waals surface area (Å²) in [6.45, 7) is 3.48. The van der Waals surface area contributed by atoms with E-state index in [2.05, 4.69) is 19.7 Å². The highest BCUT2D eigenvalue weighted by molar-refractivity contribution is 6.31. The van der Waals surface area contributed by atoms with Crippen LogP contribution in [0.1, 0.15) is 17.2 Å². The molecular formula is C15H19ClN4O2. The molecule has 6 nitrogen and oxygen atoms in total. The van der Waals surface area contributed by atoms with Crippen LogP contribution in [-0.2, 0) is 30.8 Å². The van der Waals surface area contributed by atoms with Crippen LogP contribution in [0.5, 0.6) is 5.75 Å². The lowest BCUT2D eigenvalue weighted by Crippen LogP contribution is -2.21. The third-order valence-corrected chi connectivity index (χ3v) is 4.08. The summed E-state index contributed by atoms with van der Waals surface area (Å²) in [6, 6.07) is 4.99. The van der Waals surface area contributed by atoms with Gasteiger partial charge in [-0.05, 0) is 30.8 Å². The lowest BCUT2D eigenvalue weighted by Gasteiger charge is -2.18. The van der Waals surface area contributed by atoms with E-state index in [1.54, 1.807) is 18.2 Å². The van der Waals surface area contributed by atoms with E-state index in [1.165, 1.54) is 0 Å². The molecule has 2 aromatic rings. The molecule has 1 aromatic carbocycles. The Morgan fingerprint density at radius 3 is 3.05 bits per heavy atom. The van der Waals surface area contributed by atoms with Gasteiger partial charge in [0.2, 0.25) is 0 Å². The SMILES string of the molecule is CN(Cc1cc(O)ccc1Cl)Cc1nnc2n1CCOCC2. The van der Waals surface area contributed by atoms with Crippen LogP contribution in [0.2, 0.25) is 5.02 Å². The lowest BCUT2D eigenvalue weighted by molar-refractivity contribution is 0.139. The van der Waals surface area contributed by atoms with Gasteiger partial charge in [-0.25, -0.2) is 0 Å². The summed E-state index contributed by atoms with van der Waals surface area (Å²) in [5, 5.41) is 18.8. The number of rotatable bonds is 4. The van der Waals surface area contributed by atoms with Gasteiger partial charge in [-0.1, -0.05) is 11.6 Å². The fraction of sp³-hybridized carbons (Fsp3) is 0.467. The Morgan fingerprint density at radius 2 is 2.18 bits per heavy atom. The molecule has 0 saturated heterocycles. The Hall–Kier alpha value is -1.63. The molecule has 0 bridgehead atoms. The molecule has 0 fully saturated rings. The predicted molar refractivity (Wildman–Crippen MR) is 82.8 cm³/mol. The highest BCUT2D eigenvalue weighted by Crippen LogP contribution is 2.22. The Morgan fingerprint density at radius 1 is 1.32 bits per heavy atom. The maximum absolute atomic E-state index is 9.58. The van der Waals surface area contributed by atoms with E-state index in [0.29, 0.717) is 31.3 Å². The van der Waals surface area contributed by atoms with Crippen molar-refractivity contribution in [1.82, 2.24) is 19.7 Å². The summed E-state index contributed by atoms with van der Waals surface area (Å²) < 4.78 is 7.60. The van der Waals surface area contributed by atoms with Crippen LogP contribution in [0.15, 0.2) is 18.2 Å². The van der Waals surface area contributed by atoms with Gasteiger partial charge < -0.3 is 14.4 Å². The molecule has 118 valence electrons. The van der Waals surface area contributed by atoms with Crippen LogP contribution < -0.4 is 0 Å². The van der Waals surface area contributed by atoms with Crippen molar-refractivity contribution in [3.8, 4) is 5.75 Å². The van der Waals surface area contributed by atoms with Crippen molar-refractivity contribution in [2.75, 3.05) is 20.3 Å². The average molecular weight is 323 g/mol. The first-order valence-corrected chi connectivity index (χ1v) is 7.66. The molecular weight excluding hydrogens is 304 g/mol. The molecule has 1 aromatic heterocycles. The number of aromatic nitrogens is 3. The molecule has 0 spiro atoms. The maximum Gasteiger partial charge on any atom is 0.147 e. The van der Waals surface area contributed by atoms with Crippen molar-refractivity contribution in [2.45, 2.75) is 26.1 Å². The minimum Gasteiger partial charge on any atom is -0.508 e. The largest absolute Gasteiger partial charge is 0.508 e. The summed E-state index contributed by atoms with van der Waals surface area (Å²) in [5.74, 6) is 2.14. The quantitative estimate of drug-likeness (QED) is 0.930. The van der Waals surface area contributed by atoms with Crippen molar-refractivity contribution in [3.05, 3.63) is 40.4 Å². The topological polar surface area (TPSA) is 63.4 Å². The number of ether oxygens (including phenoxy) is 1. The van der Waals surface area contributed by atoms with Gasteiger partial charge in [0.25, 0.3) is 0 Å². The molecule has 3 rings (SSSR count). The van der Waals surface area contributed by atoms with Crippen molar-refractivity contribution in [1.29, 1.82) is 0 Å². The van der Waals surface area contributed by atoms with Gasteiger partial charge in [0.05, 0.1) is 19.8 Å². The number of hydrogen-bond donors (Lipinski definition) is 1. The van der Waals surface area contributed by atoms with Crippen molar-refractivity contribution >= 4 is 11.6 Å². The smallest absolute Gasteiger partial charge is 0.147 e. The molecule has 0 amide bonds. The summed E-state index contributed by atoms with van der Waals surface area (Å²) in [6.07, 6.45) is 0.801. The second kappa shape index (κ2) is 6.64. The van der Waals surface area contributed by atoms with E-state index in [1.807, 2.05) is 7.05 Å². The van der Waals surface area contributed by atoms with E-state index >= 15 is 0 Å². The number of halogens is 1. The summed E-state index contributed by atoms with van der Waals surface area (Å²) >= 11 is 6.17. The highest BCUT2D eigenvalue weighted by atomic mass is 35.5. The molecule has 7 heteroatoms. The number of nitrogens with zero attached hydrogens (tertiary/aromatic N) is 4. The van der Waals surface area contributed by atoms with Crippen LogP contribution in [0, 0.1) is 0 Å². The zero-order valence-corrected chi connectivity index (χ0v) is 13.3. The summed E-state index contributed by atoms with van der Waals surface area (Å²) in [5.41, 5.74) is 0.892. The molecule has 0 atom stereocenters. The van der Waals surface area contributed by atoms with Crippen LogP contribution >= 0.6 is 11.6 Å². The number of phenolic OH excluding ortho intramolecular Hbond substituents is 1. The van der Waals surface area contributed by atoms with Gasteiger partial charge in [0, 0.05) is 24.5 Å². The van der Waals surface area contributed by atoms with E-state index in [4.69, 9.17) is 16.3 Å².